The Labute approximate surface area is 186 Å². The van der Waals surface area contributed by atoms with Crippen molar-refractivity contribution in [3.63, 3.8) is 0 Å². The molecule has 5 nitrogen and oxygen atoms in total. The van der Waals surface area contributed by atoms with E-state index in [1.54, 1.807) is 19.1 Å². The summed E-state index contributed by atoms with van der Waals surface area (Å²) in [7, 11) is 0. The van der Waals surface area contributed by atoms with E-state index in [1.807, 2.05) is 6.92 Å². The van der Waals surface area contributed by atoms with E-state index in [-0.39, 0.29) is 34.7 Å². The van der Waals surface area contributed by atoms with E-state index in [1.165, 1.54) is 0 Å². The first-order chi connectivity index (χ1) is 14.6. The van der Waals surface area contributed by atoms with Gasteiger partial charge in [-0.3, -0.25) is 9.59 Å². The molecule has 7 atom stereocenters. The maximum Gasteiger partial charge on any atom is 0.309 e. The standard InChI is InChI=1S/C26H36O5/c1-7-17(3)9-10-25(6)19(5)11-20(14-27)26(16-29)21(15-28)12-22(13-23(25)26)31-24(30)18(4)8-2/h7,12,14-16,18-20,22-23H,1,3,8-11,13H2,2,4-6H3/t18?,19-,20-,22+,23+,25-,26+/m0/s1. The van der Waals surface area contributed by atoms with E-state index in [2.05, 4.69) is 27.0 Å². The fourth-order valence-corrected chi connectivity index (χ4v) is 5.53. The number of hydrogen-bond acceptors (Lipinski definition) is 5. The SMILES string of the molecule is C=CC(=C)CC[C@]1(C)[C@H]2C[C@H](OC(=O)C(C)CC)C=C(C=O)[C@@]2(C=O)[C@H](C=O)C[C@@H]1C. The minimum absolute atomic E-state index is 0.135. The second-order valence-corrected chi connectivity index (χ2v) is 9.61. The fourth-order valence-electron chi connectivity index (χ4n) is 5.53. The molecule has 0 saturated heterocycles. The van der Waals surface area contributed by atoms with E-state index in [9.17, 15) is 19.2 Å². The molecule has 0 spiro atoms. The van der Waals surface area contributed by atoms with Crippen molar-refractivity contribution in [1.29, 1.82) is 0 Å². The molecule has 1 unspecified atom stereocenters. The van der Waals surface area contributed by atoms with Crippen LogP contribution in [0.15, 0.2) is 36.5 Å². The molecule has 0 N–H and O–H groups in total. The molecule has 0 aliphatic heterocycles. The Morgan fingerprint density at radius 1 is 1.32 bits per heavy atom. The molecule has 0 aromatic rings. The van der Waals surface area contributed by atoms with Crippen LogP contribution in [-0.2, 0) is 23.9 Å². The third-order valence-electron chi connectivity index (χ3n) is 8.09. The van der Waals surface area contributed by atoms with Crippen LogP contribution in [0.5, 0.6) is 0 Å². The number of ether oxygens (including phenoxy) is 1. The van der Waals surface area contributed by atoms with Crippen LogP contribution in [0.4, 0.5) is 0 Å². The molecule has 2 aliphatic rings. The summed E-state index contributed by atoms with van der Waals surface area (Å²) >= 11 is 0. The molecule has 1 fully saturated rings. The maximum absolute atomic E-state index is 12.6. The predicted octanol–water partition coefficient (Wildman–Crippen LogP) is 4.66. The second-order valence-electron chi connectivity index (χ2n) is 9.61. The summed E-state index contributed by atoms with van der Waals surface area (Å²) in [4.78, 5) is 49.3. The Bertz CT molecular complexity index is 781. The van der Waals surface area contributed by atoms with Crippen LogP contribution >= 0.6 is 0 Å². The van der Waals surface area contributed by atoms with Crippen LogP contribution in [0, 0.1) is 34.5 Å². The van der Waals surface area contributed by atoms with Crippen molar-refractivity contribution in [3.05, 3.63) is 36.5 Å². The summed E-state index contributed by atoms with van der Waals surface area (Å²) in [5.74, 6) is -1.32. The Morgan fingerprint density at radius 3 is 2.52 bits per heavy atom. The van der Waals surface area contributed by atoms with Crippen LogP contribution < -0.4 is 0 Å². The summed E-state index contributed by atoms with van der Waals surface area (Å²) < 4.78 is 5.75. The van der Waals surface area contributed by atoms with Crippen molar-refractivity contribution < 1.29 is 23.9 Å². The average Bonchev–Trinajstić information content (AvgIpc) is 2.78. The van der Waals surface area contributed by atoms with Crippen molar-refractivity contribution in [2.45, 2.75) is 65.9 Å². The van der Waals surface area contributed by atoms with Crippen molar-refractivity contribution in [1.82, 2.24) is 0 Å². The highest BCUT2D eigenvalue weighted by atomic mass is 16.5. The number of esters is 1. The largest absolute Gasteiger partial charge is 0.458 e. The highest BCUT2D eigenvalue weighted by Gasteiger charge is 2.62. The van der Waals surface area contributed by atoms with Gasteiger partial charge < -0.3 is 14.3 Å². The zero-order valence-corrected chi connectivity index (χ0v) is 19.3. The third-order valence-corrected chi connectivity index (χ3v) is 8.09. The molecule has 2 aliphatic carbocycles. The van der Waals surface area contributed by atoms with Gasteiger partial charge in [-0.25, -0.2) is 0 Å². The van der Waals surface area contributed by atoms with Gasteiger partial charge in [0.25, 0.3) is 0 Å². The molecule has 1 saturated carbocycles. The quantitative estimate of drug-likeness (QED) is 0.287. The highest BCUT2D eigenvalue weighted by molar-refractivity contribution is 5.89. The lowest BCUT2D eigenvalue weighted by Gasteiger charge is -2.59. The van der Waals surface area contributed by atoms with Crippen molar-refractivity contribution in [2.75, 3.05) is 0 Å². The first-order valence-corrected chi connectivity index (χ1v) is 11.2. The number of hydrogen-bond donors (Lipinski definition) is 0. The van der Waals surface area contributed by atoms with Gasteiger partial charge in [-0.15, -0.1) is 0 Å². The highest BCUT2D eigenvalue weighted by Crippen LogP contribution is 2.63. The number of allylic oxidation sites excluding steroid dienone is 3. The lowest BCUT2D eigenvalue weighted by Crippen LogP contribution is -2.59. The van der Waals surface area contributed by atoms with Crippen LogP contribution in [0.3, 0.4) is 0 Å². The normalized spacial score (nSPS) is 35.7. The summed E-state index contributed by atoms with van der Waals surface area (Å²) in [5, 5.41) is 0. The molecule has 2 rings (SSSR count). The molecule has 170 valence electrons. The second kappa shape index (κ2) is 9.88. The Morgan fingerprint density at radius 2 is 2.00 bits per heavy atom. The molecular formula is C26H36O5. The Kier molecular flexibility index (Phi) is 7.96. The van der Waals surface area contributed by atoms with Gasteiger partial charge in [-0.05, 0) is 55.4 Å². The van der Waals surface area contributed by atoms with Gasteiger partial charge in [0.05, 0.1) is 11.3 Å². The number of rotatable bonds is 10. The fraction of sp³-hybridized carbons (Fsp3) is 0.615. The van der Waals surface area contributed by atoms with Gasteiger partial charge in [0.1, 0.15) is 25.0 Å². The third kappa shape index (κ3) is 4.37. The van der Waals surface area contributed by atoms with Gasteiger partial charge in [0, 0.05) is 11.5 Å². The van der Waals surface area contributed by atoms with Crippen LogP contribution in [0.1, 0.15) is 59.8 Å². The molecule has 0 amide bonds. The Balaban J connectivity index is 2.57. The monoisotopic (exact) mass is 428 g/mol. The number of aldehydes is 3. The molecule has 0 heterocycles. The Hall–Kier alpha value is -2.30. The van der Waals surface area contributed by atoms with E-state index < -0.39 is 17.4 Å². The zero-order chi connectivity index (χ0) is 23.4. The van der Waals surface area contributed by atoms with Gasteiger partial charge in [0.15, 0.2) is 0 Å². The average molecular weight is 429 g/mol. The van der Waals surface area contributed by atoms with Crippen molar-refractivity contribution >= 4 is 24.8 Å². The number of carbonyl (C=O) groups excluding carboxylic acids is 4. The first kappa shape index (κ1) is 25.0. The van der Waals surface area contributed by atoms with Crippen LogP contribution in [0.25, 0.3) is 0 Å². The summed E-state index contributed by atoms with van der Waals surface area (Å²) in [6.45, 7) is 15.7. The molecular weight excluding hydrogens is 392 g/mol. The number of fused-ring (bicyclic) bond motifs is 1. The summed E-state index contributed by atoms with van der Waals surface area (Å²) in [6, 6.07) is 0. The summed E-state index contributed by atoms with van der Waals surface area (Å²) in [5.41, 5.74) is -0.377. The first-order valence-electron chi connectivity index (χ1n) is 11.2. The lowest BCUT2D eigenvalue weighted by molar-refractivity contribution is -0.161. The van der Waals surface area contributed by atoms with Crippen molar-refractivity contribution in [2.24, 2.45) is 34.5 Å². The molecule has 0 radical (unpaired) electrons. The molecule has 0 bridgehead atoms. The smallest absolute Gasteiger partial charge is 0.309 e. The summed E-state index contributed by atoms with van der Waals surface area (Å²) in [6.07, 6.45) is 8.05. The molecule has 31 heavy (non-hydrogen) atoms. The minimum atomic E-state index is -1.19. The topological polar surface area (TPSA) is 77.5 Å². The zero-order valence-electron chi connectivity index (χ0n) is 19.3. The van der Waals surface area contributed by atoms with E-state index in [0.29, 0.717) is 32.0 Å². The lowest BCUT2D eigenvalue weighted by atomic mass is 9.43. The number of carbonyl (C=O) groups is 4. The van der Waals surface area contributed by atoms with Gasteiger partial charge in [-0.2, -0.15) is 0 Å². The van der Waals surface area contributed by atoms with Gasteiger partial charge in [-0.1, -0.05) is 52.5 Å². The maximum atomic E-state index is 12.6. The molecule has 0 aromatic carbocycles. The van der Waals surface area contributed by atoms with Gasteiger partial charge >= 0.3 is 5.97 Å². The van der Waals surface area contributed by atoms with E-state index in [0.717, 1.165) is 24.6 Å². The van der Waals surface area contributed by atoms with E-state index in [4.69, 9.17) is 4.74 Å². The predicted molar refractivity (Wildman–Crippen MR) is 120 cm³/mol. The van der Waals surface area contributed by atoms with E-state index >= 15 is 0 Å². The molecule has 5 heteroatoms. The van der Waals surface area contributed by atoms with Crippen molar-refractivity contribution in [3.8, 4) is 0 Å². The van der Waals surface area contributed by atoms with Gasteiger partial charge in [0.2, 0.25) is 0 Å². The van der Waals surface area contributed by atoms with Crippen LogP contribution in [0.2, 0.25) is 0 Å². The minimum Gasteiger partial charge on any atom is -0.458 e. The van der Waals surface area contributed by atoms with Crippen LogP contribution in [-0.4, -0.2) is 30.9 Å². The molecule has 0 aromatic heterocycles.